The predicted molar refractivity (Wildman–Crippen MR) is 76.9 cm³/mol. The molecule has 3 rings (SSSR count). The molecule has 2 aliphatic rings. The molecule has 1 spiro atoms. The smallest absolute Gasteiger partial charge is 0.406 e. The molecule has 1 aromatic carbocycles. The molecule has 1 saturated carbocycles. The van der Waals surface area contributed by atoms with E-state index >= 15 is 0 Å². The molecule has 0 bridgehead atoms. The third kappa shape index (κ3) is 3.48. The van der Waals surface area contributed by atoms with Crippen molar-refractivity contribution in [3.05, 3.63) is 24.3 Å². The Morgan fingerprint density at radius 1 is 1.09 bits per heavy atom. The number of benzene rings is 1. The van der Waals surface area contributed by atoms with Crippen LogP contribution in [0.1, 0.15) is 32.1 Å². The van der Waals surface area contributed by atoms with Gasteiger partial charge in [0, 0.05) is 18.8 Å². The van der Waals surface area contributed by atoms with Crippen LogP contribution in [0.15, 0.2) is 24.3 Å². The summed E-state index contributed by atoms with van der Waals surface area (Å²) in [5.74, 6) is -0.189. The van der Waals surface area contributed by atoms with Crippen LogP contribution in [0.5, 0.6) is 5.75 Å². The van der Waals surface area contributed by atoms with Crippen molar-refractivity contribution in [2.75, 3.05) is 18.0 Å². The molecule has 1 heterocycles. The van der Waals surface area contributed by atoms with E-state index in [9.17, 15) is 18.3 Å². The van der Waals surface area contributed by atoms with Crippen LogP contribution in [0.2, 0.25) is 0 Å². The molecule has 1 aromatic rings. The third-order valence-corrected chi connectivity index (χ3v) is 4.89. The van der Waals surface area contributed by atoms with Crippen molar-refractivity contribution >= 4 is 5.69 Å². The fourth-order valence-electron chi connectivity index (χ4n) is 3.64. The predicted octanol–water partition coefficient (Wildman–Crippen LogP) is 3.72. The van der Waals surface area contributed by atoms with E-state index in [1.165, 1.54) is 12.1 Å². The fourth-order valence-corrected chi connectivity index (χ4v) is 3.64. The summed E-state index contributed by atoms with van der Waals surface area (Å²) >= 11 is 0. The molecular formula is C16H20F3NO2. The van der Waals surface area contributed by atoms with Crippen molar-refractivity contribution in [1.29, 1.82) is 0 Å². The number of ether oxygens (including phenoxy) is 1. The van der Waals surface area contributed by atoms with Gasteiger partial charge in [0.1, 0.15) is 5.75 Å². The molecule has 3 nitrogen and oxygen atoms in total. The molecule has 1 saturated heterocycles. The number of hydrogen-bond donors (Lipinski definition) is 1. The Morgan fingerprint density at radius 3 is 2.32 bits per heavy atom. The second kappa shape index (κ2) is 5.65. The van der Waals surface area contributed by atoms with Gasteiger partial charge in [0.15, 0.2) is 0 Å². The van der Waals surface area contributed by atoms with Gasteiger partial charge in [-0.3, -0.25) is 0 Å². The monoisotopic (exact) mass is 315 g/mol. The lowest BCUT2D eigenvalue weighted by atomic mass is 9.73. The lowest BCUT2D eigenvalue weighted by molar-refractivity contribution is -0.274. The van der Waals surface area contributed by atoms with Crippen LogP contribution in [0.25, 0.3) is 0 Å². The normalized spacial score (nSPS) is 29.1. The number of halogens is 3. The van der Waals surface area contributed by atoms with Crippen molar-refractivity contribution in [2.45, 2.75) is 44.6 Å². The van der Waals surface area contributed by atoms with Gasteiger partial charge < -0.3 is 14.7 Å². The van der Waals surface area contributed by atoms with Gasteiger partial charge in [-0.05, 0) is 61.8 Å². The van der Waals surface area contributed by atoms with Crippen LogP contribution < -0.4 is 9.64 Å². The topological polar surface area (TPSA) is 32.7 Å². The fraction of sp³-hybridized carbons (Fsp3) is 0.625. The van der Waals surface area contributed by atoms with Gasteiger partial charge in [0.05, 0.1) is 6.10 Å². The Hall–Kier alpha value is -1.43. The number of aliphatic hydroxyl groups is 1. The Balaban J connectivity index is 1.63. The molecule has 122 valence electrons. The maximum atomic E-state index is 12.2. The minimum absolute atomic E-state index is 0.168. The van der Waals surface area contributed by atoms with Crippen LogP contribution in [-0.2, 0) is 0 Å². The highest BCUT2D eigenvalue weighted by atomic mass is 19.4. The molecule has 2 fully saturated rings. The van der Waals surface area contributed by atoms with E-state index in [-0.39, 0.29) is 17.3 Å². The molecule has 6 heteroatoms. The maximum Gasteiger partial charge on any atom is 0.573 e. The van der Waals surface area contributed by atoms with Gasteiger partial charge in [0.2, 0.25) is 0 Å². The van der Waals surface area contributed by atoms with E-state index in [4.69, 9.17) is 0 Å². The lowest BCUT2D eigenvalue weighted by Gasteiger charge is -2.35. The molecule has 0 unspecified atom stereocenters. The highest BCUT2D eigenvalue weighted by molar-refractivity contribution is 5.50. The zero-order valence-electron chi connectivity index (χ0n) is 12.3. The summed E-state index contributed by atoms with van der Waals surface area (Å²) in [7, 11) is 0. The minimum Gasteiger partial charge on any atom is -0.406 e. The van der Waals surface area contributed by atoms with E-state index in [1.807, 2.05) is 0 Å². The molecule has 1 N–H and O–H groups in total. The molecule has 0 aromatic heterocycles. The average Bonchev–Trinajstić information content (AvgIpc) is 2.86. The molecule has 1 aliphatic heterocycles. The number of aliphatic hydroxyl groups excluding tert-OH is 1. The van der Waals surface area contributed by atoms with E-state index in [1.54, 1.807) is 12.1 Å². The summed E-state index contributed by atoms with van der Waals surface area (Å²) in [5, 5.41) is 9.64. The van der Waals surface area contributed by atoms with Gasteiger partial charge in [-0.1, -0.05) is 0 Å². The highest BCUT2D eigenvalue weighted by Gasteiger charge is 2.40. The van der Waals surface area contributed by atoms with Crippen molar-refractivity contribution in [3.63, 3.8) is 0 Å². The molecular weight excluding hydrogens is 295 g/mol. The van der Waals surface area contributed by atoms with E-state index in [0.717, 1.165) is 50.9 Å². The van der Waals surface area contributed by atoms with Gasteiger partial charge in [-0.15, -0.1) is 13.2 Å². The standard InChI is InChI=1S/C16H20F3NO2/c17-16(18,19)22-14-3-1-12(2-4-14)20-10-9-15(11-20)7-5-13(21)6-8-15/h1-4,13,21H,5-11H2. The Labute approximate surface area is 127 Å². The molecule has 1 aliphatic carbocycles. The number of alkyl halides is 3. The number of hydrogen-bond acceptors (Lipinski definition) is 3. The second-order valence-electron chi connectivity index (χ2n) is 6.44. The van der Waals surface area contributed by atoms with E-state index in [0.29, 0.717) is 0 Å². The summed E-state index contributed by atoms with van der Waals surface area (Å²) in [6, 6.07) is 6.08. The summed E-state index contributed by atoms with van der Waals surface area (Å²) in [4.78, 5) is 2.22. The Bertz CT molecular complexity index is 507. The van der Waals surface area contributed by atoms with Crippen molar-refractivity contribution in [3.8, 4) is 5.75 Å². The summed E-state index contributed by atoms with van der Waals surface area (Å²) in [6.07, 6.45) is 0.0273. The molecule has 0 radical (unpaired) electrons. The average molecular weight is 315 g/mol. The zero-order chi connectivity index (χ0) is 15.8. The van der Waals surface area contributed by atoms with Crippen LogP contribution >= 0.6 is 0 Å². The number of nitrogens with zero attached hydrogens (tertiary/aromatic N) is 1. The minimum atomic E-state index is -4.65. The summed E-state index contributed by atoms with van der Waals surface area (Å²) in [6.45, 7) is 1.83. The summed E-state index contributed by atoms with van der Waals surface area (Å²) in [5.41, 5.74) is 1.19. The summed E-state index contributed by atoms with van der Waals surface area (Å²) < 4.78 is 40.4. The SMILES string of the molecule is OC1CCC2(CC1)CCN(c1ccc(OC(F)(F)F)cc1)C2. The maximum absolute atomic E-state index is 12.2. The zero-order valence-corrected chi connectivity index (χ0v) is 12.3. The second-order valence-corrected chi connectivity index (χ2v) is 6.44. The van der Waals surface area contributed by atoms with Crippen molar-refractivity contribution in [1.82, 2.24) is 0 Å². The third-order valence-electron chi connectivity index (χ3n) is 4.89. The molecule has 22 heavy (non-hydrogen) atoms. The Kier molecular flexibility index (Phi) is 3.97. The van der Waals surface area contributed by atoms with Crippen LogP contribution in [0.3, 0.4) is 0 Å². The first-order chi connectivity index (χ1) is 10.4. The van der Waals surface area contributed by atoms with E-state index < -0.39 is 6.36 Å². The van der Waals surface area contributed by atoms with Crippen LogP contribution in [0.4, 0.5) is 18.9 Å². The van der Waals surface area contributed by atoms with Gasteiger partial charge >= 0.3 is 6.36 Å². The van der Waals surface area contributed by atoms with Crippen LogP contribution in [-0.4, -0.2) is 30.7 Å². The van der Waals surface area contributed by atoms with Gasteiger partial charge in [-0.25, -0.2) is 0 Å². The largest absolute Gasteiger partial charge is 0.573 e. The highest BCUT2D eigenvalue weighted by Crippen LogP contribution is 2.45. The van der Waals surface area contributed by atoms with Gasteiger partial charge in [0.25, 0.3) is 0 Å². The lowest BCUT2D eigenvalue weighted by Crippen LogP contribution is -2.32. The Morgan fingerprint density at radius 2 is 1.73 bits per heavy atom. The first-order valence-corrected chi connectivity index (χ1v) is 7.64. The van der Waals surface area contributed by atoms with E-state index in [2.05, 4.69) is 9.64 Å². The van der Waals surface area contributed by atoms with Crippen molar-refractivity contribution in [2.24, 2.45) is 5.41 Å². The molecule has 0 atom stereocenters. The first-order valence-electron chi connectivity index (χ1n) is 7.64. The molecule has 0 amide bonds. The van der Waals surface area contributed by atoms with Crippen molar-refractivity contribution < 1.29 is 23.0 Å². The van der Waals surface area contributed by atoms with Gasteiger partial charge in [-0.2, -0.15) is 0 Å². The number of rotatable bonds is 2. The first kappa shape index (κ1) is 15.5. The number of anilines is 1. The quantitative estimate of drug-likeness (QED) is 0.903. The van der Waals surface area contributed by atoms with Crippen LogP contribution in [0, 0.1) is 5.41 Å².